The molecule has 34 heavy (non-hydrogen) atoms. The summed E-state index contributed by atoms with van der Waals surface area (Å²) in [6.45, 7) is 2.36. The zero-order valence-corrected chi connectivity index (χ0v) is 20.5. The van der Waals surface area contributed by atoms with Crippen LogP contribution in [-0.2, 0) is 17.8 Å². The van der Waals surface area contributed by atoms with Crippen molar-refractivity contribution >= 4 is 40.2 Å². The van der Waals surface area contributed by atoms with Crippen LogP contribution < -0.4 is 10.9 Å². The zero-order chi connectivity index (χ0) is 23.9. The van der Waals surface area contributed by atoms with E-state index in [0.29, 0.717) is 27.6 Å². The van der Waals surface area contributed by atoms with Gasteiger partial charge in [0.25, 0.3) is 5.56 Å². The minimum Gasteiger partial charge on any atom is -0.353 e. The van der Waals surface area contributed by atoms with Crippen LogP contribution in [0.2, 0.25) is 5.02 Å². The molecule has 0 spiro atoms. The molecule has 1 N–H and O–H groups in total. The van der Waals surface area contributed by atoms with Crippen LogP contribution in [0.3, 0.4) is 0 Å². The topological polar surface area (TPSA) is 64.0 Å². The SMILES string of the molecule is C[C@H](CCc1ccccc1)NC(=O)CSc1nc2ccccc2c(=O)n1Cc1ccc(Cl)cc1. The number of carbonyl (C=O) groups is 1. The van der Waals surface area contributed by atoms with Gasteiger partial charge in [-0.05, 0) is 55.2 Å². The summed E-state index contributed by atoms with van der Waals surface area (Å²) >= 11 is 7.29. The van der Waals surface area contributed by atoms with Gasteiger partial charge in [0.1, 0.15) is 0 Å². The molecule has 0 saturated carbocycles. The maximum absolute atomic E-state index is 13.2. The van der Waals surface area contributed by atoms with Gasteiger partial charge in [0, 0.05) is 11.1 Å². The standard InChI is InChI=1S/C27H26ClN3O2S/c1-19(11-12-20-7-3-2-4-8-20)29-25(32)18-34-27-30-24-10-6-5-9-23(24)26(33)31(27)17-21-13-15-22(28)16-14-21/h2-10,13-16,19H,11-12,17-18H2,1H3,(H,29,32)/t19-/m1/s1. The van der Waals surface area contributed by atoms with Crippen LogP contribution in [0.1, 0.15) is 24.5 Å². The third kappa shape index (κ3) is 6.27. The third-order valence-corrected chi connectivity index (χ3v) is 6.76. The lowest BCUT2D eigenvalue weighted by atomic mass is 10.1. The number of para-hydroxylation sites is 1. The normalized spacial score (nSPS) is 11.9. The molecular weight excluding hydrogens is 466 g/mol. The lowest BCUT2D eigenvalue weighted by Gasteiger charge is -2.15. The molecule has 4 rings (SSSR count). The number of aromatic nitrogens is 2. The predicted octanol–water partition coefficient (Wildman–Crippen LogP) is 5.33. The summed E-state index contributed by atoms with van der Waals surface area (Å²) in [5, 5.41) is 4.77. The molecule has 7 heteroatoms. The summed E-state index contributed by atoms with van der Waals surface area (Å²) in [5.74, 6) is 0.104. The Kier molecular flexibility index (Phi) is 8.03. The minimum atomic E-state index is -0.125. The largest absolute Gasteiger partial charge is 0.353 e. The van der Waals surface area contributed by atoms with Gasteiger partial charge in [0.15, 0.2) is 5.16 Å². The molecule has 174 valence electrons. The number of rotatable bonds is 9. The first kappa shape index (κ1) is 24.0. The number of thioether (sulfide) groups is 1. The molecule has 0 aliphatic rings. The van der Waals surface area contributed by atoms with Gasteiger partial charge in [-0.25, -0.2) is 4.98 Å². The number of nitrogens with one attached hydrogen (secondary N) is 1. The number of hydrogen-bond donors (Lipinski definition) is 1. The van der Waals surface area contributed by atoms with Crippen LogP contribution in [0, 0.1) is 0 Å². The van der Waals surface area contributed by atoms with E-state index in [1.165, 1.54) is 17.3 Å². The second-order valence-electron chi connectivity index (χ2n) is 8.21. The first-order valence-corrected chi connectivity index (χ1v) is 12.6. The molecule has 0 aliphatic carbocycles. The molecule has 5 nitrogen and oxygen atoms in total. The highest BCUT2D eigenvalue weighted by atomic mass is 35.5. The minimum absolute atomic E-state index is 0.0501. The Balaban J connectivity index is 1.46. The summed E-state index contributed by atoms with van der Waals surface area (Å²) in [7, 11) is 0. The van der Waals surface area contributed by atoms with Gasteiger partial charge in [-0.1, -0.05) is 78.0 Å². The van der Waals surface area contributed by atoms with E-state index in [1.54, 1.807) is 22.8 Å². The van der Waals surface area contributed by atoms with Crippen molar-refractivity contribution in [1.82, 2.24) is 14.9 Å². The van der Waals surface area contributed by atoms with E-state index in [-0.39, 0.29) is 23.3 Å². The fourth-order valence-corrected chi connectivity index (χ4v) is 4.65. The van der Waals surface area contributed by atoms with E-state index in [0.717, 1.165) is 18.4 Å². The molecule has 1 heterocycles. The number of aryl methyl sites for hydroxylation is 1. The highest BCUT2D eigenvalue weighted by Crippen LogP contribution is 2.20. The Morgan fingerprint density at radius 3 is 2.47 bits per heavy atom. The van der Waals surface area contributed by atoms with Crippen LogP contribution >= 0.6 is 23.4 Å². The molecule has 0 unspecified atom stereocenters. The highest BCUT2D eigenvalue weighted by Gasteiger charge is 2.15. The van der Waals surface area contributed by atoms with Gasteiger partial charge in [0.05, 0.1) is 23.2 Å². The molecule has 0 aliphatic heterocycles. The summed E-state index contributed by atoms with van der Waals surface area (Å²) in [6, 6.07) is 24.9. The van der Waals surface area contributed by atoms with E-state index >= 15 is 0 Å². The van der Waals surface area contributed by atoms with Gasteiger partial charge in [0.2, 0.25) is 5.91 Å². The van der Waals surface area contributed by atoms with Gasteiger partial charge in [-0.3, -0.25) is 14.2 Å². The Morgan fingerprint density at radius 2 is 1.71 bits per heavy atom. The molecule has 4 aromatic rings. The van der Waals surface area contributed by atoms with E-state index in [4.69, 9.17) is 16.6 Å². The number of carbonyl (C=O) groups excluding carboxylic acids is 1. The lowest BCUT2D eigenvalue weighted by molar-refractivity contribution is -0.119. The predicted molar refractivity (Wildman–Crippen MR) is 140 cm³/mol. The van der Waals surface area contributed by atoms with Crippen molar-refractivity contribution in [1.29, 1.82) is 0 Å². The molecule has 0 saturated heterocycles. The average molecular weight is 492 g/mol. The quantitative estimate of drug-likeness (QED) is 0.254. The van der Waals surface area contributed by atoms with Crippen LogP contribution in [0.15, 0.2) is 88.8 Å². The van der Waals surface area contributed by atoms with Crippen molar-refractivity contribution in [3.8, 4) is 0 Å². The average Bonchev–Trinajstić information content (AvgIpc) is 2.85. The number of halogens is 1. The Morgan fingerprint density at radius 1 is 1.00 bits per heavy atom. The monoisotopic (exact) mass is 491 g/mol. The lowest BCUT2D eigenvalue weighted by Crippen LogP contribution is -2.34. The molecule has 0 radical (unpaired) electrons. The van der Waals surface area contributed by atoms with Crippen molar-refractivity contribution in [3.05, 3.63) is 105 Å². The Bertz CT molecular complexity index is 1320. The number of hydrogen-bond acceptors (Lipinski definition) is 4. The molecule has 1 aromatic heterocycles. The van der Waals surface area contributed by atoms with Gasteiger partial charge >= 0.3 is 0 Å². The van der Waals surface area contributed by atoms with Crippen LogP contribution in [0.25, 0.3) is 10.9 Å². The zero-order valence-electron chi connectivity index (χ0n) is 18.9. The fourth-order valence-electron chi connectivity index (χ4n) is 3.72. The summed E-state index contributed by atoms with van der Waals surface area (Å²) in [5.41, 5.74) is 2.69. The van der Waals surface area contributed by atoms with Crippen molar-refractivity contribution in [2.24, 2.45) is 0 Å². The van der Waals surface area contributed by atoms with Gasteiger partial charge in [-0.2, -0.15) is 0 Å². The van der Waals surface area contributed by atoms with E-state index in [1.807, 2.05) is 55.5 Å². The van der Waals surface area contributed by atoms with Crippen molar-refractivity contribution in [2.45, 2.75) is 37.5 Å². The van der Waals surface area contributed by atoms with Crippen molar-refractivity contribution < 1.29 is 4.79 Å². The van der Waals surface area contributed by atoms with Crippen molar-refractivity contribution in [3.63, 3.8) is 0 Å². The van der Waals surface area contributed by atoms with Crippen LogP contribution in [-0.4, -0.2) is 27.3 Å². The van der Waals surface area contributed by atoms with E-state index < -0.39 is 0 Å². The van der Waals surface area contributed by atoms with Crippen LogP contribution in [0.4, 0.5) is 0 Å². The number of benzene rings is 3. The van der Waals surface area contributed by atoms with E-state index in [9.17, 15) is 9.59 Å². The molecule has 0 fully saturated rings. The second kappa shape index (κ2) is 11.4. The first-order valence-electron chi connectivity index (χ1n) is 11.2. The summed E-state index contributed by atoms with van der Waals surface area (Å²) in [4.78, 5) is 30.6. The van der Waals surface area contributed by atoms with Gasteiger partial charge < -0.3 is 5.32 Å². The first-order chi connectivity index (χ1) is 16.5. The third-order valence-electron chi connectivity index (χ3n) is 5.53. The van der Waals surface area contributed by atoms with E-state index in [2.05, 4.69) is 17.4 Å². The summed E-state index contributed by atoms with van der Waals surface area (Å²) in [6.07, 6.45) is 1.76. The maximum atomic E-state index is 13.2. The number of fused-ring (bicyclic) bond motifs is 1. The summed E-state index contributed by atoms with van der Waals surface area (Å²) < 4.78 is 1.63. The number of amides is 1. The Labute approximate surface area is 208 Å². The van der Waals surface area contributed by atoms with Crippen LogP contribution in [0.5, 0.6) is 0 Å². The molecule has 1 amide bonds. The fraction of sp³-hybridized carbons (Fsp3) is 0.222. The highest BCUT2D eigenvalue weighted by molar-refractivity contribution is 7.99. The molecule has 1 atom stereocenters. The maximum Gasteiger partial charge on any atom is 0.262 e. The second-order valence-corrected chi connectivity index (χ2v) is 9.59. The van der Waals surface area contributed by atoms with Crippen molar-refractivity contribution in [2.75, 3.05) is 5.75 Å². The van der Waals surface area contributed by atoms with Gasteiger partial charge in [-0.15, -0.1) is 0 Å². The smallest absolute Gasteiger partial charge is 0.262 e. The molecular formula is C27H26ClN3O2S. The Hall–Kier alpha value is -3.09. The molecule has 3 aromatic carbocycles. The number of nitrogens with zero attached hydrogens (tertiary/aromatic N) is 2. The molecule has 0 bridgehead atoms.